The second-order valence-corrected chi connectivity index (χ2v) is 4.92. The Labute approximate surface area is 82.0 Å². The lowest BCUT2D eigenvalue weighted by Crippen LogP contribution is -2.06. The fraction of sp³-hybridized carbons (Fsp3) is 0.750. The molecule has 1 aliphatic rings. The lowest BCUT2D eigenvalue weighted by atomic mass is 9.99. The minimum atomic E-state index is 0.215. The van der Waals surface area contributed by atoms with Crippen LogP contribution in [0.3, 0.4) is 0 Å². The third kappa shape index (κ3) is 4.87. The predicted octanol–water partition coefficient (Wildman–Crippen LogP) is 3.95. The van der Waals surface area contributed by atoms with Crippen LogP contribution in [-0.4, -0.2) is 6.21 Å². The Balaban J connectivity index is 2.51. The van der Waals surface area contributed by atoms with Crippen LogP contribution in [0, 0.1) is 5.41 Å². The zero-order valence-electron chi connectivity index (χ0n) is 9.14. The van der Waals surface area contributed by atoms with Crippen LogP contribution in [0.4, 0.5) is 0 Å². The standard InChI is InChI=1S/C12H21N/c1-12(2,3)10-13-11-8-6-4-5-7-9-11/h8,10H,4-7,9H2,1-3H3/b13-10+. The topological polar surface area (TPSA) is 12.4 Å². The molecule has 74 valence electrons. The van der Waals surface area contributed by atoms with E-state index in [2.05, 4.69) is 38.1 Å². The fourth-order valence-electron chi connectivity index (χ4n) is 1.39. The van der Waals surface area contributed by atoms with Crippen molar-refractivity contribution in [3.63, 3.8) is 0 Å². The molecular weight excluding hydrogens is 158 g/mol. The van der Waals surface area contributed by atoms with Gasteiger partial charge in [-0.3, -0.25) is 4.99 Å². The monoisotopic (exact) mass is 179 g/mol. The third-order valence-corrected chi connectivity index (χ3v) is 2.13. The van der Waals surface area contributed by atoms with E-state index in [0.29, 0.717) is 0 Å². The van der Waals surface area contributed by atoms with Crippen molar-refractivity contribution in [3.05, 3.63) is 11.8 Å². The minimum Gasteiger partial charge on any atom is -0.265 e. The maximum Gasteiger partial charge on any atom is 0.0360 e. The first kappa shape index (κ1) is 10.5. The largest absolute Gasteiger partial charge is 0.265 e. The highest BCUT2D eigenvalue weighted by Gasteiger charge is 2.06. The van der Waals surface area contributed by atoms with Crippen molar-refractivity contribution in [3.8, 4) is 0 Å². The van der Waals surface area contributed by atoms with Crippen molar-refractivity contribution in [2.24, 2.45) is 10.4 Å². The average molecular weight is 179 g/mol. The van der Waals surface area contributed by atoms with E-state index in [1.165, 1.54) is 37.8 Å². The molecule has 0 amide bonds. The van der Waals surface area contributed by atoms with Gasteiger partial charge in [-0.15, -0.1) is 0 Å². The van der Waals surface area contributed by atoms with Gasteiger partial charge >= 0.3 is 0 Å². The molecule has 0 heterocycles. The molecule has 13 heavy (non-hydrogen) atoms. The average Bonchev–Trinajstić information content (AvgIpc) is 2.26. The molecule has 1 rings (SSSR count). The molecule has 1 aliphatic carbocycles. The van der Waals surface area contributed by atoms with Gasteiger partial charge in [-0.1, -0.05) is 33.3 Å². The highest BCUT2D eigenvalue weighted by molar-refractivity contribution is 5.65. The summed E-state index contributed by atoms with van der Waals surface area (Å²) in [6.45, 7) is 6.56. The van der Waals surface area contributed by atoms with Crippen molar-refractivity contribution in [1.29, 1.82) is 0 Å². The molecule has 0 spiro atoms. The molecule has 1 heteroatoms. The molecule has 0 aromatic carbocycles. The Morgan fingerprint density at radius 1 is 1.23 bits per heavy atom. The minimum absolute atomic E-state index is 0.215. The van der Waals surface area contributed by atoms with Gasteiger partial charge in [0.15, 0.2) is 0 Å². The molecule has 1 nitrogen and oxygen atoms in total. The number of nitrogens with zero attached hydrogens (tertiary/aromatic N) is 1. The quantitative estimate of drug-likeness (QED) is 0.540. The van der Waals surface area contributed by atoms with Gasteiger partial charge in [-0.25, -0.2) is 0 Å². The Bertz CT molecular complexity index is 206. The van der Waals surface area contributed by atoms with Crippen LogP contribution in [0.1, 0.15) is 52.9 Å². The van der Waals surface area contributed by atoms with E-state index >= 15 is 0 Å². The summed E-state index contributed by atoms with van der Waals surface area (Å²) in [7, 11) is 0. The summed E-state index contributed by atoms with van der Waals surface area (Å²) in [6.07, 6.45) is 10.8. The molecule has 0 radical (unpaired) electrons. The molecule has 0 aromatic heterocycles. The summed E-state index contributed by atoms with van der Waals surface area (Å²) in [5, 5.41) is 0. The van der Waals surface area contributed by atoms with Gasteiger partial charge in [0.1, 0.15) is 0 Å². The molecule has 0 saturated carbocycles. The van der Waals surface area contributed by atoms with E-state index < -0.39 is 0 Å². The molecule has 0 saturated heterocycles. The lowest BCUT2D eigenvalue weighted by Gasteiger charge is -2.10. The Morgan fingerprint density at radius 3 is 2.69 bits per heavy atom. The number of allylic oxidation sites excluding steroid dienone is 2. The Morgan fingerprint density at radius 2 is 2.00 bits per heavy atom. The van der Waals surface area contributed by atoms with Gasteiger partial charge < -0.3 is 0 Å². The first-order valence-electron chi connectivity index (χ1n) is 5.32. The van der Waals surface area contributed by atoms with Gasteiger partial charge in [-0.05, 0) is 31.1 Å². The number of hydrogen-bond donors (Lipinski definition) is 0. The molecule has 0 unspecified atom stereocenters. The van der Waals surface area contributed by atoms with E-state index in [1.54, 1.807) is 0 Å². The predicted molar refractivity (Wildman–Crippen MR) is 59.1 cm³/mol. The Hall–Kier alpha value is -0.590. The normalized spacial score (nSPS) is 20.1. The molecule has 0 bridgehead atoms. The zero-order chi connectivity index (χ0) is 9.73. The van der Waals surface area contributed by atoms with Gasteiger partial charge in [0, 0.05) is 11.9 Å². The summed E-state index contributed by atoms with van der Waals surface area (Å²) in [5.41, 5.74) is 1.51. The van der Waals surface area contributed by atoms with E-state index in [4.69, 9.17) is 0 Å². The van der Waals surface area contributed by atoms with Gasteiger partial charge in [0.25, 0.3) is 0 Å². The van der Waals surface area contributed by atoms with Gasteiger partial charge in [0.05, 0.1) is 0 Å². The zero-order valence-corrected chi connectivity index (χ0v) is 9.14. The molecule has 0 aromatic rings. The SMILES string of the molecule is CC(C)(C)/C=N/C1=CCCCCC1. The summed E-state index contributed by atoms with van der Waals surface area (Å²) in [6, 6.07) is 0. The highest BCUT2D eigenvalue weighted by atomic mass is 14.7. The van der Waals surface area contributed by atoms with Gasteiger partial charge in [0.2, 0.25) is 0 Å². The van der Waals surface area contributed by atoms with E-state index in [0.717, 1.165) is 0 Å². The van der Waals surface area contributed by atoms with E-state index in [1.807, 2.05) is 0 Å². The smallest absolute Gasteiger partial charge is 0.0360 e. The maximum atomic E-state index is 4.55. The van der Waals surface area contributed by atoms with Crippen LogP contribution < -0.4 is 0 Å². The van der Waals surface area contributed by atoms with Crippen LogP contribution in [-0.2, 0) is 0 Å². The van der Waals surface area contributed by atoms with E-state index in [-0.39, 0.29) is 5.41 Å². The van der Waals surface area contributed by atoms with Crippen LogP contribution in [0.2, 0.25) is 0 Å². The van der Waals surface area contributed by atoms with Crippen LogP contribution >= 0.6 is 0 Å². The van der Waals surface area contributed by atoms with Crippen molar-refractivity contribution in [1.82, 2.24) is 0 Å². The van der Waals surface area contributed by atoms with Crippen molar-refractivity contribution in [2.45, 2.75) is 52.9 Å². The number of rotatable bonds is 1. The fourth-order valence-corrected chi connectivity index (χ4v) is 1.39. The summed E-state index contributed by atoms with van der Waals surface area (Å²) >= 11 is 0. The number of hydrogen-bond acceptors (Lipinski definition) is 1. The lowest BCUT2D eigenvalue weighted by molar-refractivity contribution is 0.605. The van der Waals surface area contributed by atoms with Crippen LogP contribution in [0.25, 0.3) is 0 Å². The van der Waals surface area contributed by atoms with Crippen molar-refractivity contribution >= 4 is 6.21 Å². The van der Waals surface area contributed by atoms with Crippen molar-refractivity contribution < 1.29 is 0 Å². The Kier molecular flexibility index (Phi) is 3.71. The molecule has 0 atom stereocenters. The van der Waals surface area contributed by atoms with Crippen molar-refractivity contribution in [2.75, 3.05) is 0 Å². The van der Waals surface area contributed by atoms with Crippen LogP contribution in [0.15, 0.2) is 16.8 Å². The summed E-state index contributed by atoms with van der Waals surface area (Å²) < 4.78 is 0. The van der Waals surface area contributed by atoms with E-state index in [9.17, 15) is 0 Å². The summed E-state index contributed by atoms with van der Waals surface area (Å²) in [4.78, 5) is 4.55. The first-order chi connectivity index (χ1) is 6.08. The highest BCUT2D eigenvalue weighted by Crippen LogP contribution is 2.19. The third-order valence-electron chi connectivity index (χ3n) is 2.13. The summed E-state index contributed by atoms with van der Waals surface area (Å²) in [5.74, 6) is 0. The molecular formula is C12H21N. The first-order valence-corrected chi connectivity index (χ1v) is 5.32. The number of aliphatic imine (C=N–C) groups is 1. The van der Waals surface area contributed by atoms with Crippen LogP contribution in [0.5, 0.6) is 0 Å². The molecule has 0 N–H and O–H groups in total. The molecule has 0 fully saturated rings. The second kappa shape index (κ2) is 4.59. The molecule has 0 aliphatic heterocycles. The maximum absolute atomic E-state index is 4.55. The van der Waals surface area contributed by atoms with Gasteiger partial charge in [-0.2, -0.15) is 0 Å². The second-order valence-electron chi connectivity index (χ2n) is 4.92.